The highest BCUT2D eigenvalue weighted by molar-refractivity contribution is 8.15. The summed E-state index contributed by atoms with van der Waals surface area (Å²) in [5, 5.41) is 7.26. The number of nitrogens with one attached hydrogen (secondary N) is 2. The maximum atomic E-state index is 12.7. The zero-order valence-corrected chi connectivity index (χ0v) is 19.4. The van der Waals surface area contributed by atoms with Gasteiger partial charge in [0.25, 0.3) is 5.91 Å². The molecular formula is C22H24ClN3O3S2. The number of amides is 1. The van der Waals surface area contributed by atoms with E-state index >= 15 is 0 Å². The molecule has 0 aromatic heterocycles. The molecule has 164 valence electrons. The minimum Gasteiger partial charge on any atom is -0.350 e. The van der Waals surface area contributed by atoms with Gasteiger partial charge in [-0.1, -0.05) is 53.7 Å². The quantitative estimate of drug-likeness (QED) is 0.661. The predicted molar refractivity (Wildman–Crippen MR) is 128 cm³/mol. The van der Waals surface area contributed by atoms with E-state index < -0.39 is 9.84 Å². The van der Waals surface area contributed by atoms with Crippen LogP contribution in [0.5, 0.6) is 0 Å². The predicted octanol–water partition coefficient (Wildman–Crippen LogP) is 3.77. The van der Waals surface area contributed by atoms with Gasteiger partial charge >= 0.3 is 0 Å². The number of aliphatic imine (C=N–C) groups is 1. The normalized spacial score (nSPS) is 22.5. The van der Waals surface area contributed by atoms with Crippen LogP contribution in [0, 0.1) is 0 Å². The van der Waals surface area contributed by atoms with Crippen LogP contribution in [-0.4, -0.2) is 48.3 Å². The Labute approximate surface area is 191 Å². The topological polar surface area (TPSA) is 87.6 Å². The molecule has 9 heteroatoms. The van der Waals surface area contributed by atoms with Crippen LogP contribution in [0.4, 0.5) is 5.69 Å². The molecule has 0 saturated carbocycles. The second-order valence-corrected chi connectivity index (χ2v) is 11.7. The summed E-state index contributed by atoms with van der Waals surface area (Å²) in [4.78, 5) is 17.2. The highest BCUT2D eigenvalue weighted by atomic mass is 35.5. The fourth-order valence-corrected chi connectivity index (χ4v) is 7.53. The Morgan fingerprint density at radius 2 is 2.00 bits per heavy atom. The van der Waals surface area contributed by atoms with Crippen LogP contribution in [0.15, 0.2) is 53.5 Å². The average molecular weight is 478 g/mol. The molecule has 0 unspecified atom stereocenters. The number of benzene rings is 2. The smallest absolute Gasteiger partial charge is 0.251 e. The van der Waals surface area contributed by atoms with E-state index in [0.717, 1.165) is 12.8 Å². The van der Waals surface area contributed by atoms with Crippen molar-refractivity contribution >= 4 is 50.0 Å². The van der Waals surface area contributed by atoms with Crippen molar-refractivity contribution in [2.75, 3.05) is 16.8 Å². The molecule has 2 aliphatic heterocycles. The molecule has 0 spiro atoms. The zero-order chi connectivity index (χ0) is 22.0. The Morgan fingerprint density at radius 1 is 1.23 bits per heavy atom. The van der Waals surface area contributed by atoms with E-state index in [2.05, 4.69) is 27.8 Å². The van der Waals surface area contributed by atoms with E-state index in [1.807, 2.05) is 25.1 Å². The van der Waals surface area contributed by atoms with Gasteiger partial charge in [0.05, 0.1) is 28.3 Å². The summed E-state index contributed by atoms with van der Waals surface area (Å²) in [6.07, 6.45) is 1.73. The molecule has 1 saturated heterocycles. The lowest BCUT2D eigenvalue weighted by Gasteiger charge is -2.15. The third-order valence-electron chi connectivity index (χ3n) is 5.37. The number of anilines is 1. The first-order chi connectivity index (χ1) is 14.8. The number of nitrogens with zero attached hydrogens (tertiary/aromatic N) is 1. The lowest BCUT2D eigenvalue weighted by Crippen LogP contribution is -2.33. The Balaban J connectivity index is 1.36. The summed E-state index contributed by atoms with van der Waals surface area (Å²) in [7, 11) is -3.00. The molecular weight excluding hydrogens is 454 g/mol. The fourth-order valence-electron chi connectivity index (χ4n) is 3.70. The molecule has 2 aromatic carbocycles. The summed E-state index contributed by atoms with van der Waals surface area (Å²) in [5.41, 5.74) is 2.33. The van der Waals surface area contributed by atoms with E-state index in [1.54, 1.807) is 18.2 Å². The van der Waals surface area contributed by atoms with Gasteiger partial charge in [0.2, 0.25) is 0 Å². The first-order valence-electron chi connectivity index (χ1n) is 10.2. The number of rotatable bonds is 6. The van der Waals surface area contributed by atoms with Crippen LogP contribution in [0.2, 0.25) is 5.02 Å². The number of carbonyl (C=O) groups excluding carboxylic acids is 1. The molecule has 2 aromatic rings. The van der Waals surface area contributed by atoms with Crippen LogP contribution < -0.4 is 10.6 Å². The third-order valence-corrected chi connectivity index (χ3v) is 8.85. The molecule has 1 amide bonds. The van der Waals surface area contributed by atoms with Crippen molar-refractivity contribution in [3.63, 3.8) is 0 Å². The molecule has 4 rings (SSSR count). The Hall–Kier alpha value is -2.03. The van der Waals surface area contributed by atoms with Gasteiger partial charge in [-0.15, -0.1) is 0 Å². The van der Waals surface area contributed by atoms with E-state index in [1.165, 1.54) is 17.3 Å². The van der Waals surface area contributed by atoms with Crippen LogP contribution in [0.25, 0.3) is 0 Å². The van der Waals surface area contributed by atoms with Crippen molar-refractivity contribution in [1.29, 1.82) is 0 Å². The molecule has 31 heavy (non-hydrogen) atoms. The SMILES string of the molecule is C[C@H](CCc1ccccc1)NC(=O)c1ccc(Cl)c(NC2=N[C@@H]3CS(=O)(=O)C[C@H]3S2)c1. The minimum absolute atomic E-state index is 0.0240. The van der Waals surface area contributed by atoms with Crippen LogP contribution in [0.3, 0.4) is 0 Å². The first kappa shape index (κ1) is 22.2. The molecule has 2 heterocycles. The maximum absolute atomic E-state index is 12.7. The van der Waals surface area contributed by atoms with E-state index in [0.29, 0.717) is 21.4 Å². The van der Waals surface area contributed by atoms with Crippen molar-refractivity contribution in [3.8, 4) is 0 Å². The van der Waals surface area contributed by atoms with Gasteiger partial charge in [-0.25, -0.2) is 8.42 Å². The van der Waals surface area contributed by atoms with Crippen molar-refractivity contribution in [2.45, 2.75) is 37.1 Å². The number of sulfone groups is 1. The van der Waals surface area contributed by atoms with Crippen LogP contribution in [-0.2, 0) is 16.3 Å². The first-order valence-corrected chi connectivity index (χ1v) is 13.2. The number of carbonyl (C=O) groups is 1. The number of aryl methyl sites for hydroxylation is 1. The highest BCUT2D eigenvalue weighted by Crippen LogP contribution is 2.35. The molecule has 0 aliphatic carbocycles. The average Bonchev–Trinajstić information content (AvgIpc) is 3.21. The van der Waals surface area contributed by atoms with Gasteiger partial charge in [0, 0.05) is 16.9 Å². The van der Waals surface area contributed by atoms with E-state index in [9.17, 15) is 13.2 Å². The maximum Gasteiger partial charge on any atom is 0.251 e. The lowest BCUT2D eigenvalue weighted by molar-refractivity contribution is 0.0938. The Kier molecular flexibility index (Phi) is 6.60. The largest absolute Gasteiger partial charge is 0.350 e. The zero-order valence-electron chi connectivity index (χ0n) is 17.0. The summed E-state index contributed by atoms with van der Waals surface area (Å²) < 4.78 is 23.5. The number of fused-ring (bicyclic) bond motifs is 1. The highest BCUT2D eigenvalue weighted by Gasteiger charge is 2.42. The van der Waals surface area contributed by atoms with Gasteiger partial charge in [-0.2, -0.15) is 0 Å². The summed E-state index contributed by atoms with van der Waals surface area (Å²) in [6.45, 7) is 1.99. The summed E-state index contributed by atoms with van der Waals surface area (Å²) in [5.74, 6) is 0.0743. The van der Waals surface area contributed by atoms with E-state index in [4.69, 9.17) is 11.6 Å². The van der Waals surface area contributed by atoms with Crippen molar-refractivity contribution in [3.05, 3.63) is 64.7 Å². The number of thioether (sulfide) groups is 1. The van der Waals surface area contributed by atoms with Gasteiger partial charge in [0.1, 0.15) is 0 Å². The second kappa shape index (κ2) is 9.22. The number of amidine groups is 1. The van der Waals surface area contributed by atoms with Crippen molar-refractivity contribution < 1.29 is 13.2 Å². The number of halogens is 1. The molecule has 0 bridgehead atoms. The number of hydrogen-bond donors (Lipinski definition) is 2. The van der Waals surface area contributed by atoms with E-state index in [-0.39, 0.29) is 34.7 Å². The second-order valence-electron chi connectivity index (χ2n) is 7.95. The molecule has 3 atom stereocenters. The lowest BCUT2D eigenvalue weighted by atomic mass is 10.1. The standard InChI is InChI=1S/C22H24ClN3O3S2/c1-14(7-8-15-5-3-2-4-6-15)24-21(27)16-9-10-17(23)18(11-16)25-22-26-19-12-31(28,29)13-20(19)30-22/h2-6,9-11,14,19-20H,7-8,12-13H2,1H3,(H,24,27)(H,25,26)/t14-,19-,20-/m1/s1. The molecule has 2 aliphatic rings. The Bertz CT molecular complexity index is 1110. The van der Waals surface area contributed by atoms with Gasteiger partial charge in [-0.3, -0.25) is 9.79 Å². The summed E-state index contributed by atoms with van der Waals surface area (Å²) >= 11 is 7.73. The van der Waals surface area contributed by atoms with Gasteiger partial charge in [0.15, 0.2) is 15.0 Å². The monoisotopic (exact) mass is 477 g/mol. The number of hydrogen-bond acceptors (Lipinski definition) is 6. The molecule has 1 fully saturated rings. The van der Waals surface area contributed by atoms with Gasteiger partial charge < -0.3 is 10.6 Å². The molecule has 0 radical (unpaired) electrons. The Morgan fingerprint density at radius 3 is 2.74 bits per heavy atom. The van der Waals surface area contributed by atoms with Crippen LogP contribution >= 0.6 is 23.4 Å². The van der Waals surface area contributed by atoms with Crippen LogP contribution in [0.1, 0.15) is 29.3 Å². The molecule has 2 N–H and O–H groups in total. The fraction of sp³-hybridized carbons (Fsp3) is 0.364. The molecule has 6 nitrogen and oxygen atoms in total. The van der Waals surface area contributed by atoms with Crippen molar-refractivity contribution in [2.24, 2.45) is 4.99 Å². The summed E-state index contributed by atoms with van der Waals surface area (Å²) in [6, 6.07) is 15.1. The van der Waals surface area contributed by atoms with Crippen molar-refractivity contribution in [1.82, 2.24) is 5.32 Å². The van der Waals surface area contributed by atoms with Gasteiger partial charge in [-0.05, 0) is 43.5 Å². The minimum atomic E-state index is -3.00. The third kappa shape index (κ3) is 5.61.